The zero-order chi connectivity index (χ0) is 25.4. The SMILES string of the molecule is CCc1cc(C(=O)c2ccccc2Cl)c(-n2c(C)nnc2CNC(=O)c2[nH]c3ccccc3c2F)s1. The summed E-state index contributed by atoms with van der Waals surface area (Å²) < 4.78 is 16.5. The number of halogens is 2. The molecular formula is C26H21ClFN5O2S. The van der Waals surface area contributed by atoms with Gasteiger partial charge in [-0.15, -0.1) is 21.5 Å². The second-order valence-corrected chi connectivity index (χ2v) is 9.66. The summed E-state index contributed by atoms with van der Waals surface area (Å²) in [6.45, 7) is 3.76. The van der Waals surface area contributed by atoms with E-state index < -0.39 is 11.7 Å². The van der Waals surface area contributed by atoms with Crippen LogP contribution < -0.4 is 5.32 Å². The molecule has 0 bridgehead atoms. The summed E-state index contributed by atoms with van der Waals surface area (Å²) in [4.78, 5) is 30.1. The number of nitrogens with zero attached hydrogens (tertiary/aromatic N) is 3. The average molecular weight is 522 g/mol. The summed E-state index contributed by atoms with van der Waals surface area (Å²) >= 11 is 7.75. The maximum atomic E-state index is 14.8. The normalized spacial score (nSPS) is 11.2. The molecule has 0 spiro atoms. The molecule has 0 atom stereocenters. The molecular weight excluding hydrogens is 501 g/mol. The largest absolute Gasteiger partial charge is 0.348 e. The topological polar surface area (TPSA) is 92.7 Å². The van der Waals surface area contributed by atoms with Gasteiger partial charge in [0.2, 0.25) is 0 Å². The van der Waals surface area contributed by atoms with Gasteiger partial charge in [0.15, 0.2) is 17.4 Å². The molecule has 0 saturated carbocycles. The van der Waals surface area contributed by atoms with E-state index in [-0.39, 0.29) is 18.0 Å². The molecule has 3 heterocycles. The molecule has 36 heavy (non-hydrogen) atoms. The first-order valence-electron chi connectivity index (χ1n) is 11.3. The predicted octanol–water partition coefficient (Wildman–Crippen LogP) is 5.63. The van der Waals surface area contributed by atoms with Crippen LogP contribution >= 0.6 is 22.9 Å². The highest BCUT2D eigenvalue weighted by Crippen LogP contribution is 2.32. The van der Waals surface area contributed by atoms with E-state index in [1.165, 1.54) is 11.3 Å². The van der Waals surface area contributed by atoms with E-state index in [0.717, 1.165) is 11.3 Å². The minimum absolute atomic E-state index is 0.0203. The highest BCUT2D eigenvalue weighted by Gasteiger charge is 2.24. The molecule has 0 aliphatic carbocycles. The van der Waals surface area contributed by atoms with Crippen molar-refractivity contribution in [2.75, 3.05) is 0 Å². The lowest BCUT2D eigenvalue weighted by Gasteiger charge is -2.10. The second kappa shape index (κ2) is 9.67. The van der Waals surface area contributed by atoms with Crippen molar-refractivity contribution in [2.45, 2.75) is 26.8 Å². The van der Waals surface area contributed by atoms with Crippen LogP contribution in [0.15, 0.2) is 54.6 Å². The van der Waals surface area contributed by atoms with Crippen LogP contribution in [-0.2, 0) is 13.0 Å². The van der Waals surface area contributed by atoms with Crippen molar-refractivity contribution in [3.05, 3.63) is 98.8 Å². The third-order valence-corrected chi connectivity index (χ3v) is 7.44. The Labute approximate surface area is 214 Å². The van der Waals surface area contributed by atoms with E-state index in [1.807, 2.05) is 13.0 Å². The van der Waals surface area contributed by atoms with Gasteiger partial charge in [-0.1, -0.05) is 42.8 Å². The van der Waals surface area contributed by atoms with Gasteiger partial charge >= 0.3 is 0 Å². The Kier molecular flexibility index (Phi) is 6.42. The van der Waals surface area contributed by atoms with Gasteiger partial charge in [0.05, 0.1) is 17.1 Å². The number of rotatable bonds is 7. The Morgan fingerprint density at radius 1 is 1.11 bits per heavy atom. The summed E-state index contributed by atoms with van der Waals surface area (Å²) in [5.74, 6) is -0.471. The molecule has 182 valence electrons. The molecule has 2 N–H and O–H groups in total. The van der Waals surface area contributed by atoms with Crippen LogP contribution in [0.1, 0.15) is 49.9 Å². The number of aromatic nitrogens is 4. The molecule has 0 unspecified atom stereocenters. The first kappa shape index (κ1) is 23.9. The fourth-order valence-corrected chi connectivity index (χ4v) is 5.40. The zero-order valence-electron chi connectivity index (χ0n) is 19.4. The minimum Gasteiger partial charge on any atom is -0.348 e. The number of H-pyrrole nitrogens is 1. The van der Waals surface area contributed by atoms with Crippen LogP contribution in [0.4, 0.5) is 4.39 Å². The predicted molar refractivity (Wildman–Crippen MR) is 138 cm³/mol. The molecule has 0 aliphatic heterocycles. The third-order valence-electron chi connectivity index (χ3n) is 5.85. The number of thiophene rings is 1. The molecule has 0 radical (unpaired) electrons. The van der Waals surface area contributed by atoms with Gasteiger partial charge < -0.3 is 10.3 Å². The lowest BCUT2D eigenvalue weighted by Crippen LogP contribution is -2.26. The lowest BCUT2D eigenvalue weighted by molar-refractivity contribution is 0.0940. The number of amides is 1. The van der Waals surface area contributed by atoms with Crippen molar-refractivity contribution >= 4 is 45.5 Å². The van der Waals surface area contributed by atoms with Crippen LogP contribution in [0.25, 0.3) is 15.9 Å². The van der Waals surface area contributed by atoms with Gasteiger partial charge in [0.1, 0.15) is 16.5 Å². The average Bonchev–Trinajstić information content (AvgIpc) is 3.57. The Morgan fingerprint density at radius 3 is 2.61 bits per heavy atom. The van der Waals surface area contributed by atoms with Crippen LogP contribution in [0.3, 0.4) is 0 Å². The number of ketones is 1. The van der Waals surface area contributed by atoms with Gasteiger partial charge in [-0.05, 0) is 43.7 Å². The number of fused-ring (bicyclic) bond motifs is 1. The van der Waals surface area contributed by atoms with Crippen molar-refractivity contribution in [3.8, 4) is 5.00 Å². The Morgan fingerprint density at radius 2 is 1.86 bits per heavy atom. The van der Waals surface area contributed by atoms with Crippen molar-refractivity contribution < 1.29 is 14.0 Å². The Hall–Kier alpha value is -3.82. The summed E-state index contributed by atoms with van der Waals surface area (Å²) in [5, 5.41) is 12.4. The van der Waals surface area contributed by atoms with Crippen molar-refractivity contribution in [3.63, 3.8) is 0 Å². The highest BCUT2D eigenvalue weighted by molar-refractivity contribution is 7.15. The lowest BCUT2D eigenvalue weighted by atomic mass is 10.0. The fraction of sp³-hybridized carbons (Fsp3) is 0.154. The number of benzene rings is 2. The maximum Gasteiger partial charge on any atom is 0.271 e. The smallest absolute Gasteiger partial charge is 0.271 e. The highest BCUT2D eigenvalue weighted by atomic mass is 35.5. The fourth-order valence-electron chi connectivity index (χ4n) is 4.02. The van der Waals surface area contributed by atoms with Crippen molar-refractivity contribution in [2.24, 2.45) is 0 Å². The molecule has 2 aromatic carbocycles. The van der Waals surface area contributed by atoms with Gasteiger partial charge in [-0.2, -0.15) is 0 Å². The number of nitrogens with one attached hydrogen (secondary N) is 2. The molecule has 0 aliphatic rings. The van der Waals surface area contributed by atoms with E-state index in [1.54, 1.807) is 60.0 Å². The molecule has 5 rings (SSSR count). The molecule has 0 saturated heterocycles. The summed E-state index contributed by atoms with van der Waals surface area (Å²) in [5.41, 5.74) is 1.25. The molecule has 3 aromatic heterocycles. The maximum absolute atomic E-state index is 14.8. The van der Waals surface area contributed by atoms with E-state index >= 15 is 0 Å². The van der Waals surface area contributed by atoms with E-state index in [2.05, 4.69) is 20.5 Å². The number of hydrogen-bond acceptors (Lipinski definition) is 5. The quantitative estimate of drug-likeness (QED) is 0.271. The Bertz CT molecular complexity index is 1620. The number of aryl methyl sites for hydroxylation is 2. The number of aromatic amines is 1. The van der Waals surface area contributed by atoms with Gasteiger partial charge in [-0.3, -0.25) is 14.2 Å². The number of carbonyl (C=O) groups is 2. The standard InChI is InChI=1S/C26H21ClFN5O2S/c1-3-15-12-18(24(34)16-8-4-6-10-19(16)27)26(36-15)33-14(2)31-32-21(33)13-29-25(35)23-22(28)17-9-5-7-11-20(17)30-23/h4-12,30H,3,13H2,1-2H3,(H,29,35). The van der Waals surface area contributed by atoms with Crippen LogP contribution in [0, 0.1) is 12.7 Å². The second-order valence-electron chi connectivity index (χ2n) is 8.14. The first-order chi connectivity index (χ1) is 17.4. The first-order valence-corrected chi connectivity index (χ1v) is 12.5. The molecule has 5 aromatic rings. The Balaban J connectivity index is 1.47. The van der Waals surface area contributed by atoms with Crippen LogP contribution in [0.5, 0.6) is 0 Å². The van der Waals surface area contributed by atoms with Crippen molar-refractivity contribution in [1.82, 2.24) is 25.1 Å². The number of carbonyl (C=O) groups excluding carboxylic acids is 2. The third kappa shape index (κ3) is 4.20. The van der Waals surface area contributed by atoms with E-state index in [4.69, 9.17) is 11.6 Å². The minimum atomic E-state index is -0.612. The monoisotopic (exact) mass is 521 g/mol. The molecule has 7 nitrogen and oxygen atoms in total. The molecule has 0 fully saturated rings. The van der Waals surface area contributed by atoms with Crippen molar-refractivity contribution in [1.29, 1.82) is 0 Å². The summed E-state index contributed by atoms with van der Waals surface area (Å²) in [6, 6.07) is 15.5. The number of hydrogen-bond donors (Lipinski definition) is 2. The van der Waals surface area contributed by atoms with Crippen LogP contribution in [-0.4, -0.2) is 31.4 Å². The van der Waals surface area contributed by atoms with Gasteiger partial charge in [0.25, 0.3) is 5.91 Å². The summed E-state index contributed by atoms with van der Waals surface area (Å²) in [7, 11) is 0. The number of para-hydroxylation sites is 1. The van der Waals surface area contributed by atoms with E-state index in [0.29, 0.717) is 43.7 Å². The van der Waals surface area contributed by atoms with Gasteiger partial charge in [-0.25, -0.2) is 4.39 Å². The summed E-state index contributed by atoms with van der Waals surface area (Å²) in [6.07, 6.45) is 0.736. The molecule has 1 amide bonds. The zero-order valence-corrected chi connectivity index (χ0v) is 21.0. The van der Waals surface area contributed by atoms with E-state index in [9.17, 15) is 14.0 Å². The van der Waals surface area contributed by atoms with Gasteiger partial charge in [0, 0.05) is 21.3 Å². The van der Waals surface area contributed by atoms with Crippen LogP contribution in [0.2, 0.25) is 5.02 Å². The molecule has 10 heteroatoms.